The van der Waals surface area contributed by atoms with Crippen LogP contribution in [-0.2, 0) is 4.74 Å². The van der Waals surface area contributed by atoms with Crippen molar-refractivity contribution in [2.75, 3.05) is 13.2 Å². The molecule has 2 nitrogen and oxygen atoms in total. The predicted octanol–water partition coefficient (Wildman–Crippen LogP) is 0.536. The molecular weight excluding hydrogens is 126 g/mol. The monoisotopic (exact) mass is 139 g/mol. The molecule has 2 heteroatoms. The Bertz CT molecular complexity index is 155. The molecule has 1 aliphatic carbocycles. The Balaban J connectivity index is 2.11. The summed E-state index contributed by atoms with van der Waals surface area (Å²) >= 11 is 0. The van der Waals surface area contributed by atoms with Gasteiger partial charge >= 0.3 is 0 Å². The minimum absolute atomic E-state index is 0.410. The van der Waals surface area contributed by atoms with Crippen LogP contribution in [0.4, 0.5) is 0 Å². The first-order chi connectivity index (χ1) is 4.90. The molecule has 56 valence electrons. The molecule has 0 amide bonds. The van der Waals surface area contributed by atoms with Gasteiger partial charge in [-0.2, -0.15) is 0 Å². The maximum absolute atomic E-state index is 5.58. The summed E-state index contributed by atoms with van der Waals surface area (Å²) < 4.78 is 5.47. The highest BCUT2D eigenvalue weighted by Gasteiger charge is 2.31. The molecular formula is C8H13NO. The summed E-state index contributed by atoms with van der Waals surface area (Å²) in [7, 11) is 0. The van der Waals surface area contributed by atoms with E-state index in [1.807, 2.05) is 0 Å². The van der Waals surface area contributed by atoms with Crippen molar-refractivity contribution in [3.05, 3.63) is 12.2 Å². The normalized spacial score (nSPS) is 44.3. The van der Waals surface area contributed by atoms with E-state index in [2.05, 4.69) is 12.2 Å². The highest BCUT2D eigenvalue weighted by Crippen LogP contribution is 2.31. The minimum atomic E-state index is 0.410. The van der Waals surface area contributed by atoms with E-state index in [1.54, 1.807) is 0 Å². The summed E-state index contributed by atoms with van der Waals surface area (Å²) in [5, 5.41) is 0. The summed E-state index contributed by atoms with van der Waals surface area (Å²) in [6.07, 6.45) is 5.97. The topological polar surface area (TPSA) is 35.2 Å². The molecule has 0 saturated carbocycles. The smallest absolute Gasteiger partial charge is 0.0759 e. The van der Waals surface area contributed by atoms with Gasteiger partial charge in [-0.05, 0) is 24.8 Å². The van der Waals surface area contributed by atoms with Crippen LogP contribution >= 0.6 is 0 Å². The molecule has 10 heavy (non-hydrogen) atoms. The Morgan fingerprint density at radius 2 is 2.40 bits per heavy atom. The number of nitrogens with two attached hydrogens (primary N) is 1. The Hall–Kier alpha value is -0.340. The van der Waals surface area contributed by atoms with Crippen LogP contribution < -0.4 is 5.73 Å². The van der Waals surface area contributed by atoms with E-state index in [0.29, 0.717) is 17.9 Å². The zero-order chi connectivity index (χ0) is 6.97. The van der Waals surface area contributed by atoms with Gasteiger partial charge in [-0.25, -0.2) is 0 Å². The summed E-state index contributed by atoms with van der Waals surface area (Å²) in [4.78, 5) is 0. The maximum Gasteiger partial charge on any atom is 0.0759 e. The number of hydrogen-bond acceptors (Lipinski definition) is 2. The summed E-state index contributed by atoms with van der Waals surface area (Å²) in [6.45, 7) is 1.69. The van der Waals surface area contributed by atoms with Crippen LogP contribution in [0.3, 0.4) is 0 Å². The lowest BCUT2D eigenvalue weighted by molar-refractivity contribution is 0.140. The molecule has 0 radical (unpaired) electrons. The lowest BCUT2D eigenvalue weighted by atomic mass is 9.86. The van der Waals surface area contributed by atoms with Gasteiger partial charge in [0.15, 0.2) is 0 Å². The summed E-state index contributed by atoms with van der Waals surface area (Å²) in [5.74, 6) is 1.29. The zero-order valence-electron chi connectivity index (χ0n) is 5.99. The lowest BCUT2D eigenvalue weighted by Gasteiger charge is -2.19. The van der Waals surface area contributed by atoms with Gasteiger partial charge in [0.05, 0.1) is 12.7 Å². The zero-order valence-corrected chi connectivity index (χ0v) is 5.99. The molecule has 3 atom stereocenters. The van der Waals surface area contributed by atoms with E-state index in [9.17, 15) is 0 Å². The van der Waals surface area contributed by atoms with Crippen LogP contribution in [0.1, 0.15) is 6.42 Å². The summed E-state index contributed by atoms with van der Waals surface area (Å²) in [6, 6.07) is 0. The predicted molar refractivity (Wildman–Crippen MR) is 39.5 cm³/mol. The first-order valence-corrected chi connectivity index (χ1v) is 3.90. The largest absolute Gasteiger partial charge is 0.374 e. The van der Waals surface area contributed by atoms with Crippen molar-refractivity contribution in [2.45, 2.75) is 12.5 Å². The van der Waals surface area contributed by atoms with Crippen LogP contribution in [0, 0.1) is 11.8 Å². The fourth-order valence-electron chi connectivity index (χ4n) is 1.81. The van der Waals surface area contributed by atoms with E-state index < -0.39 is 0 Å². The molecule has 0 aromatic carbocycles. The molecule has 1 aliphatic heterocycles. The molecule has 2 rings (SSSR count). The van der Waals surface area contributed by atoms with Crippen LogP contribution in [0.5, 0.6) is 0 Å². The Kier molecular flexibility index (Phi) is 1.51. The number of fused-ring (bicyclic) bond motifs is 2. The molecule has 1 fully saturated rings. The van der Waals surface area contributed by atoms with E-state index >= 15 is 0 Å². The molecule has 2 aliphatic rings. The van der Waals surface area contributed by atoms with Gasteiger partial charge in [-0.1, -0.05) is 12.2 Å². The van der Waals surface area contributed by atoms with Crippen LogP contribution in [-0.4, -0.2) is 19.3 Å². The second kappa shape index (κ2) is 2.36. The quantitative estimate of drug-likeness (QED) is 0.538. The van der Waals surface area contributed by atoms with Gasteiger partial charge in [0, 0.05) is 0 Å². The van der Waals surface area contributed by atoms with Gasteiger partial charge in [0.25, 0.3) is 0 Å². The molecule has 0 unspecified atom stereocenters. The van der Waals surface area contributed by atoms with Crippen molar-refractivity contribution in [3.63, 3.8) is 0 Å². The van der Waals surface area contributed by atoms with Gasteiger partial charge in [0.2, 0.25) is 0 Å². The second-order valence-electron chi connectivity index (χ2n) is 3.15. The Morgan fingerprint density at radius 1 is 1.50 bits per heavy atom. The molecule has 0 aromatic heterocycles. The second-order valence-corrected chi connectivity index (χ2v) is 3.15. The standard InChI is InChI=1S/C8H13NO/c9-4-6-1-2-8-3-7(6)5-10-8/h1-2,6-8H,3-5,9H2/t6-,7+,8-/m1/s1. The van der Waals surface area contributed by atoms with Crippen molar-refractivity contribution in [2.24, 2.45) is 17.6 Å². The fourth-order valence-corrected chi connectivity index (χ4v) is 1.81. The van der Waals surface area contributed by atoms with E-state index in [1.165, 1.54) is 6.42 Å². The van der Waals surface area contributed by atoms with E-state index in [4.69, 9.17) is 10.5 Å². The molecule has 1 heterocycles. The number of ether oxygens (including phenoxy) is 1. The Labute approximate surface area is 61.0 Å². The number of hydrogen-bond donors (Lipinski definition) is 1. The molecule has 0 spiro atoms. The molecule has 2 bridgehead atoms. The van der Waals surface area contributed by atoms with Crippen molar-refractivity contribution in [1.29, 1.82) is 0 Å². The molecule has 2 N–H and O–H groups in total. The Morgan fingerprint density at radius 3 is 3.20 bits per heavy atom. The first-order valence-electron chi connectivity index (χ1n) is 3.90. The van der Waals surface area contributed by atoms with Crippen molar-refractivity contribution >= 4 is 0 Å². The third-order valence-corrected chi connectivity index (χ3v) is 2.51. The number of rotatable bonds is 1. The van der Waals surface area contributed by atoms with Gasteiger partial charge in [-0.3, -0.25) is 0 Å². The fraction of sp³-hybridized carbons (Fsp3) is 0.750. The average Bonchev–Trinajstić information content (AvgIpc) is 2.34. The van der Waals surface area contributed by atoms with Crippen LogP contribution in [0.25, 0.3) is 0 Å². The van der Waals surface area contributed by atoms with Gasteiger partial charge in [-0.15, -0.1) is 0 Å². The van der Waals surface area contributed by atoms with E-state index in [0.717, 1.165) is 13.2 Å². The third kappa shape index (κ3) is 0.879. The van der Waals surface area contributed by atoms with Crippen molar-refractivity contribution in [1.82, 2.24) is 0 Å². The van der Waals surface area contributed by atoms with Crippen molar-refractivity contribution in [3.8, 4) is 0 Å². The highest BCUT2D eigenvalue weighted by atomic mass is 16.5. The van der Waals surface area contributed by atoms with Crippen LogP contribution in [0.2, 0.25) is 0 Å². The first kappa shape index (κ1) is 6.38. The molecule has 1 saturated heterocycles. The minimum Gasteiger partial charge on any atom is -0.374 e. The SMILES string of the molecule is NC[C@H]1C=C[C@@H]2C[C@H]1CO2. The van der Waals surface area contributed by atoms with Crippen LogP contribution in [0.15, 0.2) is 12.2 Å². The van der Waals surface area contributed by atoms with E-state index in [-0.39, 0.29) is 0 Å². The third-order valence-electron chi connectivity index (χ3n) is 2.51. The summed E-state index contributed by atoms with van der Waals surface area (Å²) in [5.41, 5.74) is 5.58. The molecule has 0 aromatic rings. The average molecular weight is 139 g/mol. The van der Waals surface area contributed by atoms with Gasteiger partial charge in [0.1, 0.15) is 0 Å². The van der Waals surface area contributed by atoms with Gasteiger partial charge < -0.3 is 10.5 Å². The highest BCUT2D eigenvalue weighted by molar-refractivity contribution is 5.05. The van der Waals surface area contributed by atoms with Crippen molar-refractivity contribution < 1.29 is 4.74 Å². The maximum atomic E-state index is 5.58. The lowest BCUT2D eigenvalue weighted by Crippen LogP contribution is -2.24.